The molecule has 2 aromatic rings. The van der Waals surface area contributed by atoms with Crippen LogP contribution in [0.15, 0.2) is 36.4 Å². The third-order valence-corrected chi connectivity index (χ3v) is 4.35. The van der Waals surface area contributed by atoms with Crippen molar-refractivity contribution in [2.75, 3.05) is 0 Å². The second-order valence-corrected chi connectivity index (χ2v) is 5.18. The Morgan fingerprint density at radius 1 is 1.06 bits per heavy atom. The topological polar surface area (TPSA) is 26.0 Å². The highest BCUT2D eigenvalue weighted by molar-refractivity contribution is 14.1. The molecular formula is C14H12F2IN. The smallest absolute Gasteiger partial charge is 0.163 e. The number of rotatable bonds is 2. The number of aryl methyl sites for hydroxylation is 1. The summed E-state index contributed by atoms with van der Waals surface area (Å²) >= 11 is 2.17. The van der Waals surface area contributed by atoms with Crippen molar-refractivity contribution in [3.63, 3.8) is 0 Å². The molecule has 0 saturated carbocycles. The molecule has 0 heterocycles. The van der Waals surface area contributed by atoms with E-state index in [1.165, 1.54) is 12.1 Å². The molecule has 1 unspecified atom stereocenters. The van der Waals surface area contributed by atoms with Crippen molar-refractivity contribution < 1.29 is 8.78 Å². The van der Waals surface area contributed by atoms with Gasteiger partial charge in [0.25, 0.3) is 0 Å². The quantitative estimate of drug-likeness (QED) is 0.808. The van der Waals surface area contributed by atoms with Crippen LogP contribution in [0.3, 0.4) is 0 Å². The first-order valence-electron chi connectivity index (χ1n) is 5.47. The van der Waals surface area contributed by atoms with Gasteiger partial charge in [-0.05, 0) is 46.7 Å². The normalized spacial score (nSPS) is 12.5. The molecule has 0 fully saturated rings. The van der Waals surface area contributed by atoms with Gasteiger partial charge in [0.1, 0.15) is 0 Å². The van der Waals surface area contributed by atoms with Crippen LogP contribution in [0, 0.1) is 22.1 Å². The van der Waals surface area contributed by atoms with Crippen molar-refractivity contribution in [2.24, 2.45) is 5.73 Å². The summed E-state index contributed by atoms with van der Waals surface area (Å²) in [4.78, 5) is 0. The Bertz CT molecular complexity index is 533. The van der Waals surface area contributed by atoms with Crippen molar-refractivity contribution in [1.82, 2.24) is 0 Å². The van der Waals surface area contributed by atoms with E-state index in [9.17, 15) is 8.78 Å². The van der Waals surface area contributed by atoms with E-state index in [2.05, 4.69) is 22.6 Å². The van der Waals surface area contributed by atoms with Crippen LogP contribution >= 0.6 is 22.6 Å². The zero-order chi connectivity index (χ0) is 13.3. The molecule has 1 atom stereocenters. The molecule has 0 saturated heterocycles. The Labute approximate surface area is 118 Å². The molecule has 0 bridgehead atoms. The van der Waals surface area contributed by atoms with E-state index in [1.807, 2.05) is 25.1 Å². The number of hydrogen-bond donors (Lipinski definition) is 1. The van der Waals surface area contributed by atoms with Gasteiger partial charge < -0.3 is 5.73 Å². The Hall–Kier alpha value is -1.01. The molecule has 2 rings (SSSR count). The monoisotopic (exact) mass is 359 g/mol. The van der Waals surface area contributed by atoms with Crippen LogP contribution in [0.4, 0.5) is 8.78 Å². The van der Waals surface area contributed by atoms with Gasteiger partial charge in [0.05, 0.1) is 6.04 Å². The average Bonchev–Trinajstić information content (AvgIpc) is 2.35. The van der Waals surface area contributed by atoms with E-state index in [0.29, 0.717) is 0 Å². The molecule has 2 aromatic carbocycles. The maximum Gasteiger partial charge on any atom is 0.163 e. The summed E-state index contributed by atoms with van der Waals surface area (Å²) in [5.41, 5.74) is 8.10. The zero-order valence-corrected chi connectivity index (χ0v) is 11.9. The SMILES string of the molecule is Cc1cccc(C(N)c2cccc(F)c2F)c1I. The van der Waals surface area contributed by atoms with Crippen LogP contribution in [0.2, 0.25) is 0 Å². The predicted molar refractivity (Wildman–Crippen MR) is 76.3 cm³/mol. The number of nitrogens with two attached hydrogens (primary N) is 1. The fourth-order valence-corrected chi connectivity index (χ4v) is 2.53. The van der Waals surface area contributed by atoms with Crippen molar-refractivity contribution in [3.8, 4) is 0 Å². The molecule has 0 radical (unpaired) electrons. The summed E-state index contributed by atoms with van der Waals surface area (Å²) in [6, 6.07) is 9.07. The molecule has 0 aromatic heterocycles. The minimum atomic E-state index is -0.873. The predicted octanol–water partition coefficient (Wildman–Crippen LogP) is 3.93. The van der Waals surface area contributed by atoms with E-state index < -0.39 is 17.7 Å². The van der Waals surface area contributed by atoms with Gasteiger partial charge >= 0.3 is 0 Å². The Morgan fingerprint density at radius 3 is 2.39 bits per heavy atom. The summed E-state index contributed by atoms with van der Waals surface area (Å²) in [5.74, 6) is -1.74. The first-order chi connectivity index (χ1) is 8.52. The van der Waals surface area contributed by atoms with Crippen LogP contribution in [0.5, 0.6) is 0 Å². The van der Waals surface area contributed by atoms with Gasteiger partial charge in [-0.15, -0.1) is 0 Å². The standard InChI is InChI=1S/C14H12F2IN/c1-8-4-2-6-10(13(8)17)14(18)9-5-3-7-11(15)12(9)16/h2-7,14H,18H2,1H3. The first-order valence-corrected chi connectivity index (χ1v) is 6.54. The van der Waals surface area contributed by atoms with Gasteiger partial charge in [-0.25, -0.2) is 8.78 Å². The number of halogens is 3. The highest BCUT2D eigenvalue weighted by atomic mass is 127. The lowest BCUT2D eigenvalue weighted by molar-refractivity contribution is 0.494. The second-order valence-electron chi connectivity index (χ2n) is 4.10. The molecular weight excluding hydrogens is 347 g/mol. The molecule has 1 nitrogen and oxygen atoms in total. The van der Waals surface area contributed by atoms with Gasteiger partial charge in [0.15, 0.2) is 11.6 Å². The lowest BCUT2D eigenvalue weighted by atomic mass is 9.97. The summed E-state index contributed by atoms with van der Waals surface area (Å²) in [6.45, 7) is 1.96. The highest BCUT2D eigenvalue weighted by Crippen LogP contribution is 2.28. The summed E-state index contributed by atoms with van der Waals surface area (Å²) in [6.07, 6.45) is 0. The molecule has 4 heteroatoms. The molecule has 0 aliphatic rings. The number of hydrogen-bond acceptors (Lipinski definition) is 1. The van der Waals surface area contributed by atoms with Gasteiger partial charge in [-0.3, -0.25) is 0 Å². The Morgan fingerprint density at radius 2 is 1.67 bits per heavy atom. The third-order valence-electron chi connectivity index (χ3n) is 2.87. The fraction of sp³-hybridized carbons (Fsp3) is 0.143. The highest BCUT2D eigenvalue weighted by Gasteiger charge is 2.18. The van der Waals surface area contributed by atoms with Crippen LogP contribution in [0.1, 0.15) is 22.7 Å². The largest absolute Gasteiger partial charge is 0.320 e. The van der Waals surface area contributed by atoms with Crippen molar-refractivity contribution in [3.05, 3.63) is 68.3 Å². The van der Waals surface area contributed by atoms with Crippen molar-refractivity contribution in [1.29, 1.82) is 0 Å². The molecule has 94 valence electrons. The maximum absolute atomic E-state index is 13.7. The molecule has 0 spiro atoms. The lowest BCUT2D eigenvalue weighted by Crippen LogP contribution is -2.16. The van der Waals surface area contributed by atoms with E-state index >= 15 is 0 Å². The fourth-order valence-electron chi connectivity index (χ4n) is 1.84. The molecule has 0 amide bonds. The van der Waals surface area contributed by atoms with Crippen LogP contribution < -0.4 is 5.73 Å². The zero-order valence-electron chi connectivity index (χ0n) is 9.75. The van der Waals surface area contributed by atoms with E-state index in [4.69, 9.17) is 5.73 Å². The second kappa shape index (κ2) is 5.32. The summed E-state index contributed by atoms with van der Waals surface area (Å²) < 4.78 is 27.9. The van der Waals surface area contributed by atoms with Gasteiger partial charge in [-0.1, -0.05) is 30.3 Å². The molecule has 0 aliphatic carbocycles. The summed E-state index contributed by atoms with van der Waals surface area (Å²) in [7, 11) is 0. The van der Waals surface area contributed by atoms with Gasteiger partial charge in [-0.2, -0.15) is 0 Å². The minimum absolute atomic E-state index is 0.179. The van der Waals surface area contributed by atoms with E-state index in [-0.39, 0.29) is 5.56 Å². The van der Waals surface area contributed by atoms with Crippen LogP contribution in [0.25, 0.3) is 0 Å². The maximum atomic E-state index is 13.7. The molecule has 2 N–H and O–H groups in total. The number of benzene rings is 2. The van der Waals surface area contributed by atoms with E-state index in [1.54, 1.807) is 0 Å². The summed E-state index contributed by atoms with van der Waals surface area (Å²) in [5, 5.41) is 0. The minimum Gasteiger partial charge on any atom is -0.320 e. The van der Waals surface area contributed by atoms with Crippen LogP contribution in [-0.2, 0) is 0 Å². The Balaban J connectivity index is 2.51. The van der Waals surface area contributed by atoms with Crippen molar-refractivity contribution >= 4 is 22.6 Å². The van der Waals surface area contributed by atoms with Crippen LogP contribution in [-0.4, -0.2) is 0 Å². The van der Waals surface area contributed by atoms with Gasteiger partial charge in [0, 0.05) is 9.13 Å². The average molecular weight is 359 g/mol. The Kier molecular flexibility index (Phi) is 3.97. The third kappa shape index (κ3) is 2.40. The van der Waals surface area contributed by atoms with Gasteiger partial charge in [0.2, 0.25) is 0 Å². The van der Waals surface area contributed by atoms with E-state index in [0.717, 1.165) is 20.8 Å². The lowest BCUT2D eigenvalue weighted by Gasteiger charge is -2.16. The molecule has 18 heavy (non-hydrogen) atoms. The van der Waals surface area contributed by atoms with Crippen molar-refractivity contribution in [2.45, 2.75) is 13.0 Å². The first kappa shape index (κ1) is 13.4. The molecule has 0 aliphatic heterocycles.